The van der Waals surface area contributed by atoms with Gasteiger partial charge in [0.2, 0.25) is 5.91 Å². The molecule has 2 aromatic carbocycles. The molecule has 24 heavy (non-hydrogen) atoms. The number of fused-ring (bicyclic) bond motifs is 3. The summed E-state index contributed by atoms with van der Waals surface area (Å²) in [5, 5.41) is 3.11. The van der Waals surface area contributed by atoms with E-state index in [1.807, 2.05) is 61.9 Å². The van der Waals surface area contributed by atoms with Crippen LogP contribution in [0.1, 0.15) is 30.0 Å². The van der Waals surface area contributed by atoms with Crippen LogP contribution in [0.15, 0.2) is 67.1 Å². The van der Waals surface area contributed by atoms with Crippen molar-refractivity contribution in [3.63, 3.8) is 0 Å². The molecule has 4 nitrogen and oxygen atoms in total. The van der Waals surface area contributed by atoms with E-state index in [9.17, 15) is 4.79 Å². The van der Waals surface area contributed by atoms with Gasteiger partial charge >= 0.3 is 0 Å². The van der Waals surface area contributed by atoms with Crippen LogP contribution < -0.4 is 5.32 Å². The Labute approximate surface area is 141 Å². The average Bonchev–Trinajstić information content (AvgIpc) is 3.21. The first-order valence-corrected chi connectivity index (χ1v) is 8.19. The van der Waals surface area contributed by atoms with Crippen LogP contribution in [0.2, 0.25) is 0 Å². The summed E-state index contributed by atoms with van der Waals surface area (Å²) in [6, 6.07) is 18.3. The number of amides is 1. The highest BCUT2D eigenvalue weighted by molar-refractivity contribution is 5.83. The summed E-state index contributed by atoms with van der Waals surface area (Å²) in [6.45, 7) is 2.51. The third-order valence-corrected chi connectivity index (χ3v) is 4.76. The van der Waals surface area contributed by atoms with E-state index >= 15 is 0 Å². The molecule has 0 radical (unpaired) electrons. The van der Waals surface area contributed by atoms with Crippen LogP contribution in [0.4, 0.5) is 0 Å². The molecule has 1 N–H and O–H groups in total. The van der Waals surface area contributed by atoms with Gasteiger partial charge in [-0.15, -0.1) is 0 Å². The molecule has 4 heteroatoms. The van der Waals surface area contributed by atoms with Crippen LogP contribution in [-0.4, -0.2) is 22.0 Å². The van der Waals surface area contributed by atoms with E-state index in [1.165, 1.54) is 11.1 Å². The predicted octanol–water partition coefficient (Wildman–Crippen LogP) is 3.37. The summed E-state index contributed by atoms with van der Waals surface area (Å²) >= 11 is 0. The van der Waals surface area contributed by atoms with Gasteiger partial charge in [0.1, 0.15) is 0 Å². The van der Waals surface area contributed by atoms with Gasteiger partial charge in [-0.05, 0) is 18.1 Å². The molecule has 120 valence electrons. The smallest absolute Gasteiger partial charge is 0.227 e. The van der Waals surface area contributed by atoms with Gasteiger partial charge in [-0.25, -0.2) is 4.98 Å². The van der Waals surface area contributed by atoms with Crippen molar-refractivity contribution in [2.24, 2.45) is 0 Å². The topological polar surface area (TPSA) is 46.9 Å². The number of nitrogens with one attached hydrogen (secondary N) is 1. The summed E-state index contributed by atoms with van der Waals surface area (Å²) in [5.74, 6) is -0.114. The Hall–Kier alpha value is -2.88. The lowest BCUT2D eigenvalue weighted by molar-refractivity contribution is -0.122. The highest BCUT2D eigenvalue weighted by atomic mass is 16.1. The van der Waals surface area contributed by atoms with Gasteiger partial charge in [-0.3, -0.25) is 4.79 Å². The van der Waals surface area contributed by atoms with Crippen molar-refractivity contribution in [1.29, 1.82) is 0 Å². The molecule has 2 atom stereocenters. The Kier molecular flexibility index (Phi) is 3.65. The number of carbonyl (C=O) groups excluding carboxylic acids is 1. The molecule has 1 aliphatic rings. The maximum Gasteiger partial charge on any atom is 0.227 e. The van der Waals surface area contributed by atoms with Gasteiger partial charge in [0.25, 0.3) is 0 Å². The number of imidazole rings is 1. The van der Waals surface area contributed by atoms with E-state index in [-0.39, 0.29) is 17.9 Å². The quantitative estimate of drug-likeness (QED) is 0.802. The lowest BCUT2D eigenvalue weighted by atomic mass is 10.00. The van der Waals surface area contributed by atoms with Crippen LogP contribution in [-0.2, 0) is 4.79 Å². The van der Waals surface area contributed by atoms with E-state index in [2.05, 4.69) is 27.0 Å². The summed E-state index contributed by atoms with van der Waals surface area (Å²) in [6.07, 6.45) is 3.72. The third kappa shape index (κ3) is 2.40. The van der Waals surface area contributed by atoms with E-state index in [4.69, 9.17) is 0 Å². The largest absolute Gasteiger partial charge is 0.353 e. The number of nitrogens with zero attached hydrogens (tertiary/aromatic N) is 2. The summed E-state index contributed by atoms with van der Waals surface area (Å²) < 4.78 is 2.14. The van der Waals surface area contributed by atoms with Gasteiger partial charge in [0.05, 0.1) is 30.2 Å². The maximum atomic E-state index is 12.5. The van der Waals surface area contributed by atoms with Crippen LogP contribution >= 0.6 is 0 Å². The number of carbonyl (C=O) groups is 1. The SMILES string of the molecule is C[C@H](C(=O)NC[C@H]1c2ccccc2-c2cncn21)c1ccccc1. The Morgan fingerprint density at radius 1 is 1.17 bits per heavy atom. The molecule has 2 heterocycles. The molecular weight excluding hydrogens is 298 g/mol. The number of rotatable bonds is 4. The first kappa shape index (κ1) is 14.7. The van der Waals surface area contributed by atoms with E-state index in [0.717, 1.165) is 11.3 Å². The molecule has 0 unspecified atom stereocenters. The van der Waals surface area contributed by atoms with E-state index in [1.54, 1.807) is 0 Å². The van der Waals surface area contributed by atoms with Crippen molar-refractivity contribution in [1.82, 2.24) is 14.9 Å². The molecule has 1 aliphatic heterocycles. The lowest BCUT2D eigenvalue weighted by Crippen LogP contribution is -2.33. The highest BCUT2D eigenvalue weighted by Gasteiger charge is 2.28. The predicted molar refractivity (Wildman–Crippen MR) is 93.7 cm³/mol. The molecule has 3 aromatic rings. The summed E-state index contributed by atoms with van der Waals surface area (Å²) in [5.41, 5.74) is 4.58. The zero-order chi connectivity index (χ0) is 16.5. The minimum Gasteiger partial charge on any atom is -0.353 e. The van der Waals surface area contributed by atoms with Gasteiger partial charge in [0.15, 0.2) is 0 Å². The van der Waals surface area contributed by atoms with Crippen molar-refractivity contribution in [3.05, 3.63) is 78.2 Å². The first-order valence-electron chi connectivity index (χ1n) is 8.19. The van der Waals surface area contributed by atoms with Crippen LogP contribution in [0.25, 0.3) is 11.3 Å². The third-order valence-electron chi connectivity index (χ3n) is 4.76. The minimum atomic E-state index is -0.162. The fourth-order valence-corrected chi connectivity index (χ4v) is 3.38. The van der Waals surface area contributed by atoms with Crippen molar-refractivity contribution < 1.29 is 4.79 Å². The minimum absolute atomic E-state index is 0.0484. The van der Waals surface area contributed by atoms with Crippen molar-refractivity contribution >= 4 is 5.91 Å². The van der Waals surface area contributed by atoms with Gasteiger partial charge in [-0.1, -0.05) is 54.6 Å². The molecule has 0 fully saturated rings. The fraction of sp³-hybridized carbons (Fsp3) is 0.200. The van der Waals surface area contributed by atoms with Crippen LogP contribution in [0.3, 0.4) is 0 Å². The molecule has 0 aliphatic carbocycles. The second-order valence-electron chi connectivity index (χ2n) is 6.17. The molecule has 0 saturated carbocycles. The van der Waals surface area contributed by atoms with Gasteiger partial charge in [0, 0.05) is 12.1 Å². The first-order chi connectivity index (χ1) is 11.8. The lowest BCUT2D eigenvalue weighted by Gasteiger charge is -2.18. The van der Waals surface area contributed by atoms with Crippen LogP contribution in [0, 0.1) is 0 Å². The second-order valence-corrected chi connectivity index (χ2v) is 6.17. The standard InChI is InChI=1S/C20H19N3O/c1-14(15-7-3-2-4-8-15)20(24)22-12-19-17-10-6-5-9-16(17)18-11-21-13-23(18)19/h2-11,13-14,19H,12H2,1H3,(H,22,24)/t14-,19-/m0/s1. The summed E-state index contributed by atoms with van der Waals surface area (Å²) in [4.78, 5) is 16.8. The monoisotopic (exact) mass is 317 g/mol. The molecule has 1 aromatic heterocycles. The zero-order valence-corrected chi connectivity index (χ0v) is 13.5. The number of benzene rings is 2. The Morgan fingerprint density at radius 3 is 2.75 bits per heavy atom. The van der Waals surface area contributed by atoms with E-state index < -0.39 is 0 Å². The van der Waals surface area contributed by atoms with E-state index in [0.29, 0.717) is 6.54 Å². The Balaban J connectivity index is 1.52. The van der Waals surface area contributed by atoms with Gasteiger partial charge in [-0.2, -0.15) is 0 Å². The van der Waals surface area contributed by atoms with Crippen molar-refractivity contribution in [2.75, 3.05) is 6.54 Å². The van der Waals surface area contributed by atoms with Crippen LogP contribution in [0.5, 0.6) is 0 Å². The normalized spacial score (nSPS) is 16.3. The Morgan fingerprint density at radius 2 is 1.92 bits per heavy atom. The molecule has 1 amide bonds. The number of aromatic nitrogens is 2. The van der Waals surface area contributed by atoms with Crippen molar-refractivity contribution in [3.8, 4) is 11.3 Å². The highest BCUT2D eigenvalue weighted by Crippen LogP contribution is 2.38. The zero-order valence-electron chi connectivity index (χ0n) is 13.5. The van der Waals surface area contributed by atoms with Crippen molar-refractivity contribution in [2.45, 2.75) is 18.9 Å². The molecular formula is C20H19N3O. The molecule has 0 bridgehead atoms. The number of hydrogen-bond donors (Lipinski definition) is 1. The number of hydrogen-bond acceptors (Lipinski definition) is 2. The fourth-order valence-electron chi connectivity index (χ4n) is 3.38. The molecule has 0 spiro atoms. The van der Waals surface area contributed by atoms with Gasteiger partial charge < -0.3 is 9.88 Å². The Bertz CT molecular complexity index is 869. The second kappa shape index (κ2) is 5.96. The summed E-state index contributed by atoms with van der Waals surface area (Å²) in [7, 11) is 0. The average molecular weight is 317 g/mol. The molecule has 0 saturated heterocycles. The molecule has 4 rings (SSSR count). The maximum absolute atomic E-state index is 12.5.